The number of nitrogens with one attached hydrogen (secondary N) is 2. The van der Waals surface area contributed by atoms with Crippen molar-refractivity contribution in [2.45, 2.75) is 82.1 Å². The number of alkyl halides is 3. The smallest absolute Gasteiger partial charge is 0.344 e. The number of amides is 3. The number of rotatable bonds is 7. The highest BCUT2D eigenvalue weighted by Crippen LogP contribution is 2.43. The topological polar surface area (TPSA) is 81.8 Å². The van der Waals surface area contributed by atoms with E-state index in [0.717, 1.165) is 29.8 Å². The van der Waals surface area contributed by atoms with Gasteiger partial charge in [-0.25, -0.2) is 0 Å². The number of halogens is 3. The highest BCUT2D eigenvalue weighted by Gasteiger charge is 2.47. The van der Waals surface area contributed by atoms with Gasteiger partial charge in [-0.1, -0.05) is 36.4 Å². The van der Waals surface area contributed by atoms with E-state index in [4.69, 9.17) is 0 Å². The number of anilines is 1. The number of likely N-dealkylation sites (tertiary alicyclic amines) is 1. The summed E-state index contributed by atoms with van der Waals surface area (Å²) in [5.74, 6) is -0.764. The Balaban J connectivity index is 1.31. The van der Waals surface area contributed by atoms with Gasteiger partial charge in [0, 0.05) is 43.2 Å². The molecule has 226 valence electrons. The van der Waals surface area contributed by atoms with E-state index < -0.39 is 23.2 Å². The molecule has 2 N–H and O–H groups in total. The maximum absolute atomic E-state index is 13.8. The number of benzene rings is 2. The Morgan fingerprint density at radius 1 is 1.02 bits per heavy atom. The zero-order valence-corrected chi connectivity index (χ0v) is 24.3. The van der Waals surface area contributed by atoms with Crippen LogP contribution in [0.3, 0.4) is 0 Å². The van der Waals surface area contributed by atoms with Gasteiger partial charge in [0.2, 0.25) is 17.7 Å². The Bertz CT molecular complexity index is 1340. The van der Waals surface area contributed by atoms with Gasteiger partial charge in [0.25, 0.3) is 0 Å². The van der Waals surface area contributed by atoms with Gasteiger partial charge in [0.15, 0.2) is 0 Å². The summed E-state index contributed by atoms with van der Waals surface area (Å²) in [7, 11) is 1.85. The Kier molecular flexibility index (Phi) is 8.38. The molecule has 0 unspecified atom stereocenters. The number of hydrogen-bond acceptors (Lipinski definition) is 4. The zero-order valence-electron chi connectivity index (χ0n) is 24.3. The van der Waals surface area contributed by atoms with Crippen LogP contribution in [0.4, 0.5) is 18.9 Å². The van der Waals surface area contributed by atoms with Crippen LogP contribution < -0.4 is 15.5 Å². The number of carbonyl (C=O) groups is 3. The van der Waals surface area contributed by atoms with Gasteiger partial charge in [-0.15, -0.1) is 0 Å². The quantitative estimate of drug-likeness (QED) is 0.505. The van der Waals surface area contributed by atoms with Crippen molar-refractivity contribution in [1.29, 1.82) is 0 Å². The second kappa shape index (κ2) is 11.7. The number of hydrogen-bond donors (Lipinski definition) is 2. The fourth-order valence-corrected chi connectivity index (χ4v) is 6.75. The van der Waals surface area contributed by atoms with Crippen LogP contribution in [0.5, 0.6) is 0 Å². The van der Waals surface area contributed by atoms with Crippen molar-refractivity contribution in [1.82, 2.24) is 15.5 Å². The predicted molar refractivity (Wildman–Crippen MR) is 154 cm³/mol. The van der Waals surface area contributed by atoms with E-state index in [9.17, 15) is 27.6 Å². The molecule has 5 rings (SSSR count). The Hall–Kier alpha value is -3.40. The van der Waals surface area contributed by atoms with Gasteiger partial charge in [-0.3, -0.25) is 14.4 Å². The number of nitrogens with zero attached hydrogens (tertiary/aromatic N) is 2. The molecule has 42 heavy (non-hydrogen) atoms. The molecule has 1 saturated heterocycles. The van der Waals surface area contributed by atoms with Gasteiger partial charge < -0.3 is 20.4 Å². The summed E-state index contributed by atoms with van der Waals surface area (Å²) in [6.07, 6.45) is -1.22. The molecule has 10 heteroatoms. The van der Waals surface area contributed by atoms with Crippen molar-refractivity contribution in [3.05, 3.63) is 65.2 Å². The van der Waals surface area contributed by atoms with Crippen LogP contribution in [-0.2, 0) is 32.4 Å². The third-order valence-corrected chi connectivity index (χ3v) is 9.25. The van der Waals surface area contributed by atoms with Gasteiger partial charge in [0.1, 0.15) is 6.04 Å². The summed E-state index contributed by atoms with van der Waals surface area (Å²) in [4.78, 5) is 44.0. The Morgan fingerprint density at radius 3 is 2.40 bits per heavy atom. The molecule has 1 aliphatic carbocycles. The molecule has 2 fully saturated rings. The molecular formula is C32H39F3N4O3. The molecule has 0 spiro atoms. The Labute approximate surface area is 244 Å². The van der Waals surface area contributed by atoms with Gasteiger partial charge in [0.05, 0.1) is 11.0 Å². The van der Waals surface area contributed by atoms with Gasteiger partial charge in [-0.05, 0) is 76.3 Å². The molecule has 3 amide bonds. The fourth-order valence-electron chi connectivity index (χ4n) is 6.75. The highest BCUT2D eigenvalue weighted by molar-refractivity contribution is 6.08. The zero-order chi connectivity index (χ0) is 30.2. The van der Waals surface area contributed by atoms with E-state index in [2.05, 4.69) is 10.6 Å². The minimum Gasteiger partial charge on any atom is -0.344 e. The summed E-state index contributed by atoms with van der Waals surface area (Å²) in [6, 6.07) is 11.9. The molecular weight excluding hydrogens is 545 g/mol. The lowest BCUT2D eigenvalue weighted by atomic mass is 9.86. The lowest BCUT2D eigenvalue weighted by molar-refractivity contribution is -0.138. The Morgan fingerprint density at radius 2 is 1.74 bits per heavy atom. The second-order valence-electron chi connectivity index (χ2n) is 12.3. The molecule has 2 aliphatic heterocycles. The first kappa shape index (κ1) is 30.1. The van der Waals surface area contributed by atoms with Crippen molar-refractivity contribution < 1.29 is 27.6 Å². The van der Waals surface area contributed by atoms with Gasteiger partial charge >= 0.3 is 6.18 Å². The maximum atomic E-state index is 13.8. The molecule has 0 radical (unpaired) electrons. The normalized spacial score (nSPS) is 23.1. The summed E-state index contributed by atoms with van der Waals surface area (Å²) in [5, 5.41) is 6.09. The summed E-state index contributed by atoms with van der Waals surface area (Å²) in [5.41, 5.74) is 0.813. The highest BCUT2D eigenvalue weighted by atomic mass is 19.4. The molecule has 7 nitrogen and oxygen atoms in total. The van der Waals surface area contributed by atoms with Crippen LogP contribution in [0.15, 0.2) is 48.5 Å². The largest absolute Gasteiger partial charge is 0.416 e. The summed E-state index contributed by atoms with van der Waals surface area (Å²) in [6.45, 7) is 4.63. The van der Waals surface area contributed by atoms with Crippen LogP contribution in [0.25, 0.3) is 0 Å². The second-order valence-corrected chi connectivity index (χ2v) is 12.3. The van der Waals surface area contributed by atoms with Crippen molar-refractivity contribution >= 4 is 23.4 Å². The van der Waals surface area contributed by atoms with Crippen LogP contribution in [0.2, 0.25) is 0 Å². The van der Waals surface area contributed by atoms with E-state index in [1.54, 1.807) is 11.0 Å². The molecule has 2 heterocycles. The minimum atomic E-state index is -4.51. The lowest BCUT2D eigenvalue weighted by Gasteiger charge is -2.39. The van der Waals surface area contributed by atoms with Crippen LogP contribution in [-0.4, -0.2) is 60.9 Å². The molecule has 3 aliphatic rings. The lowest BCUT2D eigenvalue weighted by Crippen LogP contribution is -2.55. The van der Waals surface area contributed by atoms with E-state index in [0.29, 0.717) is 44.3 Å². The standard InChI is InChI=1S/C32H39F3N4O3/c1-31(2)25-9-4-5-10-27(25)39(30(31)42)24-13-15-38(16-14-24)29(41)26(37-28(40)21-11-12-23(19-21)36-3)18-20-7-6-8-22(17-20)32(33,34)35/h4-10,17,21,23-24,26,36H,11-16,18-19H2,1-3H3,(H,37,40)/t21-,23+,26-/m0/s1. The number of piperidine rings is 1. The number of fused-ring (bicyclic) bond motifs is 1. The number of carbonyl (C=O) groups excluding carboxylic acids is 3. The van der Waals surface area contributed by atoms with Crippen LogP contribution >= 0.6 is 0 Å². The summed E-state index contributed by atoms with van der Waals surface area (Å²) < 4.78 is 40.2. The monoisotopic (exact) mass is 584 g/mol. The minimum absolute atomic E-state index is 0.0389. The average Bonchev–Trinajstić information content (AvgIpc) is 3.53. The van der Waals surface area contributed by atoms with Crippen LogP contribution in [0.1, 0.15) is 62.6 Å². The van der Waals surface area contributed by atoms with E-state index in [1.807, 2.05) is 50.1 Å². The van der Waals surface area contributed by atoms with Gasteiger partial charge in [-0.2, -0.15) is 13.2 Å². The molecule has 1 saturated carbocycles. The first-order chi connectivity index (χ1) is 19.9. The predicted octanol–water partition coefficient (Wildman–Crippen LogP) is 4.44. The van der Waals surface area contributed by atoms with E-state index in [1.165, 1.54) is 6.07 Å². The van der Waals surface area contributed by atoms with Crippen molar-refractivity contribution in [3.8, 4) is 0 Å². The molecule has 0 bridgehead atoms. The molecule has 2 aromatic rings. The third-order valence-electron chi connectivity index (χ3n) is 9.25. The molecule has 0 aromatic heterocycles. The third kappa shape index (κ3) is 5.91. The molecule has 3 atom stereocenters. The van der Waals surface area contributed by atoms with Crippen molar-refractivity contribution in [2.75, 3.05) is 25.0 Å². The summed E-state index contributed by atoms with van der Waals surface area (Å²) >= 11 is 0. The maximum Gasteiger partial charge on any atom is 0.416 e. The van der Waals surface area contributed by atoms with E-state index >= 15 is 0 Å². The first-order valence-corrected chi connectivity index (χ1v) is 14.8. The first-order valence-electron chi connectivity index (χ1n) is 14.8. The molecule has 2 aromatic carbocycles. The van der Waals surface area contributed by atoms with E-state index in [-0.39, 0.29) is 42.1 Å². The fraction of sp³-hybridized carbons (Fsp3) is 0.531. The van der Waals surface area contributed by atoms with Crippen LogP contribution in [0, 0.1) is 5.92 Å². The SMILES string of the molecule is CN[C@@H]1CC[C@H](C(=O)N[C@@H](Cc2cccc(C(F)(F)F)c2)C(=O)N2CCC(N3C(=O)C(C)(C)c4ccccc43)CC2)C1. The van der Waals surface area contributed by atoms with Crippen molar-refractivity contribution in [3.63, 3.8) is 0 Å². The van der Waals surface area contributed by atoms with Crippen molar-refractivity contribution in [2.24, 2.45) is 5.92 Å². The average molecular weight is 585 g/mol. The number of para-hydroxylation sites is 1.